The summed E-state index contributed by atoms with van der Waals surface area (Å²) in [6, 6.07) is 9.07. The van der Waals surface area contributed by atoms with E-state index in [2.05, 4.69) is 20.2 Å². The molecule has 0 spiro atoms. The van der Waals surface area contributed by atoms with Crippen molar-refractivity contribution < 1.29 is 8.42 Å². The third-order valence-corrected chi connectivity index (χ3v) is 6.54. The maximum absolute atomic E-state index is 12.9. The first-order chi connectivity index (χ1) is 13.4. The second-order valence-electron chi connectivity index (χ2n) is 6.96. The van der Waals surface area contributed by atoms with Gasteiger partial charge in [0.25, 0.3) is 0 Å². The monoisotopic (exact) mass is 404 g/mol. The minimum Gasteiger partial charge on any atom is -0.357 e. The van der Waals surface area contributed by atoms with Gasteiger partial charge in [-0.1, -0.05) is 13.0 Å². The predicted molar refractivity (Wildman–Crippen MR) is 116 cm³/mol. The summed E-state index contributed by atoms with van der Waals surface area (Å²) in [5.41, 5.74) is 2.08. The van der Waals surface area contributed by atoms with Crippen molar-refractivity contribution in [1.82, 2.24) is 15.2 Å². The van der Waals surface area contributed by atoms with Crippen molar-refractivity contribution in [2.45, 2.75) is 51.6 Å². The van der Waals surface area contributed by atoms with Gasteiger partial charge in [0, 0.05) is 31.5 Å². The van der Waals surface area contributed by atoms with Crippen molar-refractivity contribution in [1.29, 1.82) is 0 Å². The first-order valence-corrected chi connectivity index (χ1v) is 11.5. The Morgan fingerprint density at radius 1 is 1.14 bits per heavy atom. The number of guanidine groups is 1. The third-order valence-electron chi connectivity index (χ3n) is 4.73. The van der Waals surface area contributed by atoms with Gasteiger partial charge in [-0.2, -0.15) is 0 Å². The molecule has 0 fully saturated rings. The molecule has 154 valence electrons. The van der Waals surface area contributed by atoms with Crippen LogP contribution in [0.25, 0.3) is 0 Å². The molecule has 0 radical (unpaired) electrons. The normalized spacial score (nSPS) is 13.4. The van der Waals surface area contributed by atoms with E-state index in [1.54, 1.807) is 12.1 Å². The molecule has 1 aromatic carbocycles. The number of nitrogens with zero attached hydrogens (tertiary/aromatic N) is 2. The van der Waals surface area contributed by atoms with Crippen LogP contribution < -0.4 is 10.6 Å². The first-order valence-electron chi connectivity index (χ1n) is 9.81. The summed E-state index contributed by atoms with van der Waals surface area (Å²) in [6.45, 7) is 10.0. The lowest BCUT2D eigenvalue weighted by Crippen LogP contribution is -2.46. The average molecular weight is 405 g/mol. The molecule has 1 heterocycles. The van der Waals surface area contributed by atoms with Crippen LogP contribution in [0.1, 0.15) is 31.4 Å². The molecule has 0 saturated carbocycles. The van der Waals surface area contributed by atoms with Crippen molar-refractivity contribution in [3.63, 3.8) is 0 Å². The van der Waals surface area contributed by atoms with E-state index in [-0.39, 0.29) is 11.8 Å². The molecule has 0 aliphatic carbocycles. The first kappa shape index (κ1) is 22.0. The van der Waals surface area contributed by atoms with Crippen LogP contribution in [0.15, 0.2) is 52.6 Å². The van der Waals surface area contributed by atoms with Gasteiger partial charge >= 0.3 is 0 Å². The zero-order chi connectivity index (χ0) is 20.6. The van der Waals surface area contributed by atoms with Crippen LogP contribution in [0.2, 0.25) is 0 Å². The number of nitrogens with one attached hydrogen (secondary N) is 2. The van der Waals surface area contributed by atoms with E-state index in [1.807, 2.05) is 58.3 Å². The van der Waals surface area contributed by atoms with Crippen LogP contribution >= 0.6 is 0 Å². The lowest BCUT2D eigenvalue weighted by atomic mass is 10.1. The fourth-order valence-electron chi connectivity index (χ4n) is 2.84. The van der Waals surface area contributed by atoms with E-state index in [1.165, 1.54) is 0 Å². The minimum absolute atomic E-state index is 0.0357. The van der Waals surface area contributed by atoms with E-state index < -0.39 is 9.84 Å². The number of benzene rings is 1. The summed E-state index contributed by atoms with van der Waals surface area (Å²) < 4.78 is 27.8. The topological polar surface area (TPSA) is 75.5 Å². The Morgan fingerprint density at radius 3 is 2.46 bits per heavy atom. The summed E-state index contributed by atoms with van der Waals surface area (Å²) in [5.74, 6) is 0.686. The van der Waals surface area contributed by atoms with E-state index in [9.17, 15) is 8.42 Å². The summed E-state index contributed by atoms with van der Waals surface area (Å²) in [5, 5.41) is 6.49. The van der Waals surface area contributed by atoms with E-state index >= 15 is 0 Å². The number of aliphatic imine (C=N–C) groups is 1. The minimum atomic E-state index is -3.38. The third kappa shape index (κ3) is 6.41. The summed E-state index contributed by atoms with van der Waals surface area (Å²) >= 11 is 0. The smallest absolute Gasteiger partial charge is 0.191 e. The average Bonchev–Trinajstić information content (AvgIpc) is 3.16. The highest BCUT2D eigenvalue weighted by Crippen LogP contribution is 2.17. The number of aromatic nitrogens is 1. The Balaban J connectivity index is 2.05. The molecule has 28 heavy (non-hydrogen) atoms. The molecule has 0 aliphatic heterocycles. The number of hydrogen-bond acceptors (Lipinski definition) is 3. The standard InChI is InChI=1S/C21H32N4O2S/c1-5-19(16-28(26,27)20-10-9-17(3)18(4)15-20)24-21(22-6-2)23-11-14-25-12-7-8-13-25/h7-10,12-13,15,19H,5-6,11,14,16H2,1-4H3,(H2,22,23,24). The molecule has 1 atom stereocenters. The molecule has 0 bridgehead atoms. The molecule has 0 amide bonds. The van der Waals surface area contributed by atoms with Gasteiger partial charge in [0.15, 0.2) is 15.8 Å². The molecule has 2 N–H and O–H groups in total. The Labute approximate surface area is 169 Å². The van der Waals surface area contributed by atoms with Gasteiger partial charge in [-0.25, -0.2) is 8.42 Å². The van der Waals surface area contributed by atoms with Gasteiger partial charge in [0.05, 0.1) is 17.2 Å². The fourth-order valence-corrected chi connectivity index (χ4v) is 4.51. The van der Waals surface area contributed by atoms with Crippen molar-refractivity contribution in [3.05, 3.63) is 53.9 Å². The Hall–Kier alpha value is -2.28. The zero-order valence-corrected chi connectivity index (χ0v) is 18.1. The lowest BCUT2D eigenvalue weighted by molar-refractivity contribution is 0.568. The number of aryl methyl sites for hydroxylation is 2. The van der Waals surface area contributed by atoms with Crippen LogP contribution in [0.5, 0.6) is 0 Å². The number of sulfone groups is 1. The molecular weight excluding hydrogens is 372 g/mol. The summed E-state index contributed by atoms with van der Waals surface area (Å²) in [6.07, 6.45) is 4.69. The van der Waals surface area contributed by atoms with E-state index in [4.69, 9.17) is 0 Å². The molecular formula is C21H32N4O2S. The largest absolute Gasteiger partial charge is 0.357 e. The van der Waals surface area contributed by atoms with Gasteiger partial charge < -0.3 is 15.2 Å². The Kier molecular flexibility index (Phi) is 8.11. The fraction of sp³-hybridized carbons (Fsp3) is 0.476. The van der Waals surface area contributed by atoms with Gasteiger partial charge in [0.2, 0.25) is 0 Å². The molecule has 0 saturated heterocycles. The molecule has 2 rings (SSSR count). The molecule has 1 unspecified atom stereocenters. The van der Waals surface area contributed by atoms with Gasteiger partial charge in [-0.05, 0) is 62.6 Å². The highest BCUT2D eigenvalue weighted by Gasteiger charge is 2.21. The maximum atomic E-state index is 12.9. The van der Waals surface area contributed by atoms with Crippen molar-refractivity contribution in [3.8, 4) is 0 Å². The van der Waals surface area contributed by atoms with Crippen molar-refractivity contribution in [2.24, 2.45) is 4.99 Å². The van der Waals surface area contributed by atoms with Gasteiger partial charge in [-0.3, -0.25) is 4.99 Å². The van der Waals surface area contributed by atoms with Crippen LogP contribution in [0, 0.1) is 13.8 Å². The molecule has 7 heteroatoms. The zero-order valence-electron chi connectivity index (χ0n) is 17.3. The van der Waals surface area contributed by atoms with Gasteiger partial charge in [0.1, 0.15) is 0 Å². The number of rotatable bonds is 9. The highest BCUT2D eigenvalue weighted by molar-refractivity contribution is 7.91. The molecule has 1 aromatic heterocycles. The summed E-state index contributed by atoms with van der Waals surface area (Å²) in [7, 11) is -3.38. The van der Waals surface area contributed by atoms with E-state index in [0.717, 1.165) is 24.2 Å². The predicted octanol–water partition coefficient (Wildman–Crippen LogP) is 2.91. The molecule has 2 aromatic rings. The maximum Gasteiger partial charge on any atom is 0.191 e. The highest BCUT2D eigenvalue weighted by atomic mass is 32.2. The van der Waals surface area contributed by atoms with Crippen LogP contribution in [0.4, 0.5) is 0 Å². The SMILES string of the molecule is CCNC(=NCCn1cccc1)NC(CC)CS(=O)(=O)c1ccc(C)c(C)c1. The Morgan fingerprint density at radius 2 is 1.86 bits per heavy atom. The van der Waals surface area contributed by atoms with Crippen LogP contribution in [-0.4, -0.2) is 43.8 Å². The Bertz CT molecular complexity index is 874. The van der Waals surface area contributed by atoms with Crippen LogP contribution in [-0.2, 0) is 16.4 Å². The number of hydrogen-bond donors (Lipinski definition) is 2. The van der Waals surface area contributed by atoms with Crippen LogP contribution in [0.3, 0.4) is 0 Å². The lowest BCUT2D eigenvalue weighted by Gasteiger charge is -2.20. The summed E-state index contributed by atoms with van der Waals surface area (Å²) in [4.78, 5) is 4.96. The molecule has 0 aliphatic rings. The second-order valence-corrected chi connectivity index (χ2v) is 8.99. The van der Waals surface area contributed by atoms with Crippen molar-refractivity contribution in [2.75, 3.05) is 18.8 Å². The molecule has 6 nitrogen and oxygen atoms in total. The van der Waals surface area contributed by atoms with Crippen molar-refractivity contribution >= 4 is 15.8 Å². The van der Waals surface area contributed by atoms with E-state index in [0.29, 0.717) is 23.8 Å². The quantitative estimate of drug-likeness (QED) is 0.498. The van der Waals surface area contributed by atoms with Gasteiger partial charge in [-0.15, -0.1) is 0 Å². The second kappa shape index (κ2) is 10.3.